The molecular formula is C17H26N4OS. The predicted molar refractivity (Wildman–Crippen MR) is 92.9 cm³/mol. The number of rotatable bonds is 3. The van der Waals surface area contributed by atoms with Gasteiger partial charge in [0.05, 0.1) is 5.69 Å². The first-order valence-corrected chi connectivity index (χ1v) is 9.76. The van der Waals surface area contributed by atoms with Crippen molar-refractivity contribution in [3.63, 3.8) is 0 Å². The number of piperazine rings is 1. The van der Waals surface area contributed by atoms with Crippen molar-refractivity contribution in [2.45, 2.75) is 51.1 Å². The number of aromatic nitrogens is 1. The topological polar surface area (TPSA) is 48.5 Å². The van der Waals surface area contributed by atoms with E-state index in [-0.39, 0.29) is 0 Å². The predicted octanol–water partition coefficient (Wildman–Crippen LogP) is 2.02. The molecule has 0 aromatic carbocycles. The molecule has 1 N–H and O–H groups in total. The van der Waals surface area contributed by atoms with Crippen molar-refractivity contribution < 1.29 is 4.79 Å². The molecule has 3 saturated heterocycles. The first kappa shape index (κ1) is 15.4. The lowest BCUT2D eigenvalue weighted by atomic mass is 9.89. The molecular weight excluding hydrogens is 308 g/mol. The van der Waals surface area contributed by atoms with Gasteiger partial charge < -0.3 is 15.1 Å². The number of nitrogens with zero attached hydrogens (tertiary/aromatic N) is 3. The van der Waals surface area contributed by atoms with Gasteiger partial charge in [-0.05, 0) is 38.5 Å². The summed E-state index contributed by atoms with van der Waals surface area (Å²) in [5.74, 6) is 0.965. The highest BCUT2D eigenvalue weighted by Gasteiger charge is 2.35. The summed E-state index contributed by atoms with van der Waals surface area (Å²) in [7, 11) is 0. The van der Waals surface area contributed by atoms with E-state index in [0.717, 1.165) is 43.4 Å². The first-order chi connectivity index (χ1) is 11.2. The molecule has 0 spiro atoms. The van der Waals surface area contributed by atoms with Gasteiger partial charge in [0.25, 0.3) is 0 Å². The molecule has 5 nitrogen and oxygen atoms in total. The highest BCUT2D eigenvalue weighted by atomic mass is 32.1. The van der Waals surface area contributed by atoms with Gasteiger partial charge in [-0.3, -0.25) is 4.79 Å². The highest BCUT2D eigenvalue weighted by Crippen LogP contribution is 2.33. The quantitative estimate of drug-likeness (QED) is 0.919. The fraction of sp³-hybridized carbons (Fsp3) is 0.765. The van der Waals surface area contributed by atoms with Crippen molar-refractivity contribution in [3.05, 3.63) is 11.1 Å². The van der Waals surface area contributed by atoms with E-state index in [1.165, 1.54) is 25.7 Å². The molecule has 0 saturated carbocycles. The molecule has 1 amide bonds. The lowest BCUT2D eigenvalue weighted by molar-refractivity contribution is -0.132. The maximum absolute atomic E-state index is 12.6. The van der Waals surface area contributed by atoms with Crippen LogP contribution in [0.2, 0.25) is 0 Å². The summed E-state index contributed by atoms with van der Waals surface area (Å²) >= 11 is 1.71. The Balaban J connectivity index is 1.27. The maximum atomic E-state index is 12.6. The van der Waals surface area contributed by atoms with Crippen molar-refractivity contribution >= 4 is 22.4 Å². The smallest absolute Gasteiger partial charge is 0.222 e. The molecule has 1 aromatic heterocycles. The summed E-state index contributed by atoms with van der Waals surface area (Å²) in [5.41, 5.74) is 1.09. The van der Waals surface area contributed by atoms with Gasteiger partial charge in [-0.15, -0.1) is 11.3 Å². The Labute approximate surface area is 142 Å². The Hall–Kier alpha value is -1.14. The maximum Gasteiger partial charge on any atom is 0.222 e. The van der Waals surface area contributed by atoms with Gasteiger partial charge in [0.2, 0.25) is 5.91 Å². The van der Waals surface area contributed by atoms with Crippen molar-refractivity contribution in [2.24, 2.45) is 5.92 Å². The second kappa shape index (κ2) is 6.40. The third kappa shape index (κ3) is 3.38. The lowest BCUT2D eigenvalue weighted by Crippen LogP contribution is -2.49. The summed E-state index contributed by atoms with van der Waals surface area (Å²) in [6, 6.07) is 1.35. The van der Waals surface area contributed by atoms with Crippen LogP contribution in [0.1, 0.15) is 37.8 Å². The zero-order valence-corrected chi connectivity index (χ0v) is 14.6. The van der Waals surface area contributed by atoms with Gasteiger partial charge in [-0.2, -0.15) is 0 Å². The molecule has 6 heteroatoms. The number of nitrogens with one attached hydrogen (secondary N) is 1. The van der Waals surface area contributed by atoms with E-state index in [9.17, 15) is 4.79 Å². The van der Waals surface area contributed by atoms with E-state index in [0.29, 0.717) is 23.9 Å². The number of hydrogen-bond acceptors (Lipinski definition) is 5. The van der Waals surface area contributed by atoms with E-state index in [1.54, 1.807) is 11.3 Å². The summed E-state index contributed by atoms with van der Waals surface area (Å²) in [5, 5.41) is 6.86. The number of carbonyl (C=O) groups is 1. The molecule has 3 aliphatic heterocycles. The average Bonchev–Trinajstić information content (AvgIpc) is 3.13. The largest absolute Gasteiger partial charge is 0.345 e. The third-order valence-electron chi connectivity index (χ3n) is 5.54. The van der Waals surface area contributed by atoms with Gasteiger partial charge in [0, 0.05) is 50.1 Å². The van der Waals surface area contributed by atoms with Crippen LogP contribution in [0.15, 0.2) is 5.38 Å². The Bertz CT molecular complexity index is 555. The molecule has 1 aromatic rings. The third-order valence-corrected chi connectivity index (χ3v) is 6.56. The Morgan fingerprint density at radius 1 is 1.26 bits per heavy atom. The summed E-state index contributed by atoms with van der Waals surface area (Å²) in [4.78, 5) is 21.6. The van der Waals surface area contributed by atoms with Crippen LogP contribution in [0.4, 0.5) is 5.13 Å². The van der Waals surface area contributed by atoms with Gasteiger partial charge in [-0.25, -0.2) is 4.98 Å². The average molecular weight is 334 g/mol. The zero-order chi connectivity index (χ0) is 15.8. The number of anilines is 1. The van der Waals surface area contributed by atoms with Gasteiger partial charge >= 0.3 is 0 Å². The van der Waals surface area contributed by atoms with E-state index < -0.39 is 0 Å². The van der Waals surface area contributed by atoms with E-state index in [1.807, 2.05) is 6.92 Å². The summed E-state index contributed by atoms with van der Waals surface area (Å²) < 4.78 is 0. The Morgan fingerprint density at radius 2 is 1.96 bits per heavy atom. The number of piperidine rings is 1. The molecule has 4 rings (SSSR count). The van der Waals surface area contributed by atoms with Crippen LogP contribution in [-0.2, 0) is 4.79 Å². The minimum Gasteiger partial charge on any atom is -0.345 e. The molecule has 3 fully saturated rings. The van der Waals surface area contributed by atoms with Gasteiger partial charge in [0.1, 0.15) is 0 Å². The van der Waals surface area contributed by atoms with Crippen LogP contribution in [0, 0.1) is 12.8 Å². The van der Waals surface area contributed by atoms with E-state index in [4.69, 9.17) is 0 Å². The number of thiazole rings is 1. The molecule has 2 atom stereocenters. The van der Waals surface area contributed by atoms with Crippen molar-refractivity contribution in [2.75, 3.05) is 31.1 Å². The molecule has 2 unspecified atom stereocenters. The standard InChI is InChI=1S/C17H26N4OS/c1-12-11-23-17(18-12)21-6-4-20(5-7-21)16(22)10-13-8-14-2-3-15(9-13)19-14/h11,13-15,19H,2-10H2,1H3. The highest BCUT2D eigenvalue weighted by molar-refractivity contribution is 7.13. The van der Waals surface area contributed by atoms with E-state index >= 15 is 0 Å². The molecule has 0 aliphatic carbocycles. The molecule has 3 aliphatic rings. The van der Waals surface area contributed by atoms with Crippen LogP contribution in [0.3, 0.4) is 0 Å². The Kier molecular flexibility index (Phi) is 4.28. The Morgan fingerprint density at radius 3 is 2.57 bits per heavy atom. The molecule has 23 heavy (non-hydrogen) atoms. The van der Waals surface area contributed by atoms with Gasteiger partial charge in [-0.1, -0.05) is 0 Å². The van der Waals surface area contributed by atoms with Gasteiger partial charge in [0.15, 0.2) is 5.13 Å². The monoisotopic (exact) mass is 334 g/mol. The van der Waals surface area contributed by atoms with Crippen LogP contribution in [0.25, 0.3) is 0 Å². The minimum atomic E-state index is 0.367. The fourth-order valence-electron chi connectivity index (χ4n) is 4.35. The second-order valence-electron chi connectivity index (χ2n) is 7.32. The number of hydrogen-bond donors (Lipinski definition) is 1. The summed E-state index contributed by atoms with van der Waals surface area (Å²) in [6.07, 6.45) is 5.76. The minimum absolute atomic E-state index is 0.367. The van der Waals surface area contributed by atoms with Crippen molar-refractivity contribution in [3.8, 4) is 0 Å². The van der Waals surface area contributed by atoms with E-state index in [2.05, 4.69) is 25.5 Å². The molecule has 126 valence electrons. The SMILES string of the molecule is Cc1csc(N2CCN(C(=O)CC3CC4CCC(C3)N4)CC2)n1. The fourth-order valence-corrected chi connectivity index (χ4v) is 5.21. The molecule has 0 radical (unpaired) electrons. The first-order valence-electron chi connectivity index (χ1n) is 8.88. The van der Waals surface area contributed by atoms with Crippen LogP contribution >= 0.6 is 11.3 Å². The number of amides is 1. The zero-order valence-electron chi connectivity index (χ0n) is 13.8. The summed E-state index contributed by atoms with van der Waals surface area (Å²) in [6.45, 7) is 5.54. The molecule has 2 bridgehead atoms. The number of fused-ring (bicyclic) bond motifs is 2. The normalized spacial score (nSPS) is 30.7. The lowest BCUT2D eigenvalue weighted by Gasteiger charge is -2.36. The molecule has 4 heterocycles. The van der Waals surface area contributed by atoms with Crippen LogP contribution in [0.5, 0.6) is 0 Å². The van der Waals surface area contributed by atoms with Crippen molar-refractivity contribution in [1.82, 2.24) is 15.2 Å². The number of aryl methyl sites for hydroxylation is 1. The number of carbonyl (C=O) groups excluding carboxylic acids is 1. The van der Waals surface area contributed by atoms with Crippen LogP contribution < -0.4 is 10.2 Å². The second-order valence-corrected chi connectivity index (χ2v) is 8.16. The van der Waals surface area contributed by atoms with Crippen LogP contribution in [-0.4, -0.2) is 54.1 Å². The van der Waals surface area contributed by atoms with Crippen molar-refractivity contribution in [1.29, 1.82) is 0 Å².